The maximum absolute atomic E-state index is 13.0. The third kappa shape index (κ3) is 3.04. The zero-order valence-electron chi connectivity index (χ0n) is 9.90. The molecule has 18 heavy (non-hydrogen) atoms. The van der Waals surface area contributed by atoms with Crippen molar-refractivity contribution in [1.82, 2.24) is 4.90 Å². The van der Waals surface area contributed by atoms with Crippen molar-refractivity contribution in [2.75, 3.05) is 13.1 Å². The van der Waals surface area contributed by atoms with Gasteiger partial charge in [-0.2, -0.15) is 0 Å². The molecule has 1 aromatic rings. The Bertz CT molecular complexity index is 443. The van der Waals surface area contributed by atoms with E-state index in [1.807, 2.05) is 0 Å². The van der Waals surface area contributed by atoms with Crippen LogP contribution < -0.4 is 0 Å². The van der Waals surface area contributed by atoms with Crippen molar-refractivity contribution in [3.05, 3.63) is 35.4 Å². The molecule has 2 rings (SSSR count). The van der Waals surface area contributed by atoms with Gasteiger partial charge in [0.05, 0.1) is 5.92 Å². The lowest BCUT2D eigenvalue weighted by Crippen LogP contribution is -2.35. The molecule has 0 aliphatic carbocycles. The Morgan fingerprint density at radius 2 is 1.94 bits per heavy atom. The smallest absolute Gasteiger partial charge is 0.306 e. The normalized spacial score (nSPS) is 17.9. The third-order valence-electron chi connectivity index (χ3n) is 3.33. The quantitative estimate of drug-likeness (QED) is 0.900. The summed E-state index contributed by atoms with van der Waals surface area (Å²) in [6, 6.07) is 3.87. The molecular formula is C13H15F2NO2. The molecule has 1 aromatic carbocycles. The number of rotatable bonds is 3. The summed E-state index contributed by atoms with van der Waals surface area (Å²) in [6.45, 7) is 1.88. The van der Waals surface area contributed by atoms with Crippen LogP contribution in [0.3, 0.4) is 0 Å². The predicted molar refractivity (Wildman–Crippen MR) is 62.0 cm³/mol. The van der Waals surface area contributed by atoms with E-state index in [1.54, 1.807) is 6.07 Å². The molecule has 5 heteroatoms. The molecule has 1 heterocycles. The fourth-order valence-electron chi connectivity index (χ4n) is 2.23. The highest BCUT2D eigenvalue weighted by molar-refractivity contribution is 5.70. The second-order valence-corrected chi connectivity index (χ2v) is 4.64. The fourth-order valence-corrected chi connectivity index (χ4v) is 2.23. The summed E-state index contributed by atoms with van der Waals surface area (Å²) in [5.74, 6) is -2.70. The van der Waals surface area contributed by atoms with Gasteiger partial charge in [0.25, 0.3) is 0 Å². The van der Waals surface area contributed by atoms with Gasteiger partial charge in [0.15, 0.2) is 11.6 Å². The molecule has 0 aromatic heterocycles. The van der Waals surface area contributed by atoms with Gasteiger partial charge in [-0.1, -0.05) is 6.07 Å². The van der Waals surface area contributed by atoms with Crippen LogP contribution in [-0.4, -0.2) is 29.1 Å². The summed E-state index contributed by atoms with van der Waals surface area (Å²) in [5.41, 5.74) is 0.711. The number of nitrogens with zero attached hydrogens (tertiary/aromatic N) is 1. The number of benzene rings is 1. The summed E-state index contributed by atoms with van der Waals surface area (Å²) in [4.78, 5) is 12.9. The Hall–Kier alpha value is -1.49. The standard InChI is InChI=1S/C13H15F2NO2/c14-11-2-1-9(7-12(11)15)8-16-5-3-10(4-6-16)13(17)18/h1-2,7,10H,3-6,8H2,(H,17,18). The summed E-state index contributed by atoms with van der Waals surface area (Å²) in [7, 11) is 0. The molecule has 1 fully saturated rings. The average molecular weight is 255 g/mol. The number of carboxylic acid groups (broad SMARTS) is 1. The van der Waals surface area contributed by atoms with Crippen LogP contribution in [0.4, 0.5) is 8.78 Å². The fraction of sp³-hybridized carbons (Fsp3) is 0.462. The molecule has 0 spiro atoms. The highest BCUT2D eigenvalue weighted by Gasteiger charge is 2.24. The SMILES string of the molecule is O=C(O)C1CCN(Cc2ccc(F)c(F)c2)CC1. The predicted octanol–water partition coefficient (Wildman–Crippen LogP) is 2.26. The third-order valence-corrected chi connectivity index (χ3v) is 3.33. The maximum Gasteiger partial charge on any atom is 0.306 e. The first-order chi connectivity index (χ1) is 8.56. The highest BCUT2D eigenvalue weighted by Crippen LogP contribution is 2.19. The number of piperidine rings is 1. The van der Waals surface area contributed by atoms with Crippen LogP contribution in [0.1, 0.15) is 18.4 Å². The zero-order valence-corrected chi connectivity index (χ0v) is 9.90. The largest absolute Gasteiger partial charge is 0.481 e. The van der Waals surface area contributed by atoms with Gasteiger partial charge in [-0.05, 0) is 43.6 Å². The maximum atomic E-state index is 13.0. The van der Waals surface area contributed by atoms with Crippen molar-refractivity contribution in [2.24, 2.45) is 5.92 Å². The minimum absolute atomic E-state index is 0.272. The number of halogens is 2. The molecule has 3 nitrogen and oxygen atoms in total. The molecule has 0 saturated carbocycles. The molecule has 0 amide bonds. The van der Waals surface area contributed by atoms with Crippen molar-refractivity contribution >= 4 is 5.97 Å². The van der Waals surface area contributed by atoms with Gasteiger partial charge in [-0.15, -0.1) is 0 Å². The van der Waals surface area contributed by atoms with E-state index in [1.165, 1.54) is 6.07 Å². The van der Waals surface area contributed by atoms with Gasteiger partial charge in [-0.25, -0.2) is 8.78 Å². The monoisotopic (exact) mass is 255 g/mol. The topological polar surface area (TPSA) is 40.5 Å². The van der Waals surface area contributed by atoms with E-state index in [9.17, 15) is 13.6 Å². The summed E-state index contributed by atoms with van der Waals surface area (Å²) in [5, 5.41) is 8.87. The van der Waals surface area contributed by atoms with Gasteiger partial charge in [0.2, 0.25) is 0 Å². The molecule has 1 aliphatic heterocycles. The van der Waals surface area contributed by atoms with Crippen LogP contribution in [0.25, 0.3) is 0 Å². The van der Waals surface area contributed by atoms with Crippen molar-refractivity contribution in [3.63, 3.8) is 0 Å². The Balaban J connectivity index is 1.91. The van der Waals surface area contributed by atoms with E-state index in [0.717, 1.165) is 6.07 Å². The van der Waals surface area contributed by atoms with Gasteiger partial charge in [-0.3, -0.25) is 9.69 Å². The molecule has 0 bridgehead atoms. The van der Waals surface area contributed by atoms with Crippen LogP contribution in [-0.2, 0) is 11.3 Å². The lowest BCUT2D eigenvalue weighted by Gasteiger charge is -2.29. The lowest BCUT2D eigenvalue weighted by atomic mass is 9.97. The Kier molecular flexibility index (Phi) is 3.91. The number of hydrogen-bond donors (Lipinski definition) is 1. The van der Waals surface area contributed by atoms with E-state index in [0.29, 0.717) is 38.0 Å². The van der Waals surface area contributed by atoms with Gasteiger partial charge >= 0.3 is 5.97 Å². The molecular weight excluding hydrogens is 240 g/mol. The average Bonchev–Trinajstić information content (AvgIpc) is 2.34. The first-order valence-corrected chi connectivity index (χ1v) is 5.95. The van der Waals surface area contributed by atoms with Gasteiger partial charge in [0.1, 0.15) is 0 Å². The van der Waals surface area contributed by atoms with Crippen molar-refractivity contribution < 1.29 is 18.7 Å². The lowest BCUT2D eigenvalue weighted by molar-refractivity contribution is -0.143. The zero-order chi connectivity index (χ0) is 13.1. The van der Waals surface area contributed by atoms with Crippen LogP contribution in [0.15, 0.2) is 18.2 Å². The summed E-state index contributed by atoms with van der Waals surface area (Å²) < 4.78 is 25.8. The first-order valence-electron chi connectivity index (χ1n) is 5.95. The Morgan fingerprint density at radius 3 is 2.50 bits per heavy atom. The van der Waals surface area contributed by atoms with E-state index in [4.69, 9.17) is 5.11 Å². The number of carboxylic acids is 1. The summed E-state index contributed by atoms with van der Waals surface area (Å²) >= 11 is 0. The molecule has 0 atom stereocenters. The molecule has 1 saturated heterocycles. The van der Waals surface area contributed by atoms with Crippen LogP contribution in [0, 0.1) is 17.6 Å². The number of hydrogen-bond acceptors (Lipinski definition) is 2. The Morgan fingerprint density at radius 1 is 1.28 bits per heavy atom. The van der Waals surface area contributed by atoms with E-state index < -0.39 is 17.6 Å². The van der Waals surface area contributed by atoms with Crippen molar-refractivity contribution in [1.29, 1.82) is 0 Å². The minimum atomic E-state index is -0.844. The van der Waals surface area contributed by atoms with E-state index in [-0.39, 0.29) is 5.92 Å². The first kappa shape index (κ1) is 13.0. The highest BCUT2D eigenvalue weighted by atomic mass is 19.2. The van der Waals surface area contributed by atoms with Gasteiger partial charge < -0.3 is 5.11 Å². The molecule has 0 radical (unpaired) electrons. The van der Waals surface area contributed by atoms with Crippen LogP contribution in [0.5, 0.6) is 0 Å². The number of carbonyl (C=O) groups is 1. The number of aliphatic carboxylic acids is 1. The second kappa shape index (κ2) is 5.44. The van der Waals surface area contributed by atoms with E-state index >= 15 is 0 Å². The van der Waals surface area contributed by atoms with Crippen LogP contribution in [0.2, 0.25) is 0 Å². The molecule has 1 N–H and O–H groups in total. The molecule has 98 valence electrons. The van der Waals surface area contributed by atoms with Crippen LogP contribution >= 0.6 is 0 Å². The van der Waals surface area contributed by atoms with Gasteiger partial charge in [0, 0.05) is 6.54 Å². The van der Waals surface area contributed by atoms with E-state index in [2.05, 4.69) is 4.90 Å². The van der Waals surface area contributed by atoms with Crippen molar-refractivity contribution in [2.45, 2.75) is 19.4 Å². The second-order valence-electron chi connectivity index (χ2n) is 4.64. The van der Waals surface area contributed by atoms with Crippen molar-refractivity contribution in [3.8, 4) is 0 Å². The number of likely N-dealkylation sites (tertiary alicyclic amines) is 1. The Labute approximate surface area is 104 Å². The minimum Gasteiger partial charge on any atom is -0.481 e. The summed E-state index contributed by atoms with van der Waals surface area (Å²) in [6.07, 6.45) is 1.22. The molecule has 1 aliphatic rings. The molecule has 0 unspecified atom stereocenters.